The van der Waals surface area contributed by atoms with Gasteiger partial charge in [0.05, 0.1) is 40.3 Å². The Bertz CT molecular complexity index is 2660. The zero-order chi connectivity index (χ0) is 49.7. The normalized spacial score (nSPS) is 24.2. The molecule has 0 radical (unpaired) electrons. The summed E-state index contributed by atoms with van der Waals surface area (Å²) in [5, 5.41) is 28.7. The molecule has 13 nitrogen and oxygen atoms in total. The number of cyclic esters (lactones) is 1. The zero-order valence-electron chi connectivity index (χ0n) is 39.4. The van der Waals surface area contributed by atoms with Gasteiger partial charge in [-0.25, -0.2) is 17.6 Å². The van der Waals surface area contributed by atoms with Crippen LogP contribution in [0.15, 0.2) is 89.6 Å². The molecule has 366 valence electrons. The number of carboxylic acid groups (broad SMARTS) is 2. The van der Waals surface area contributed by atoms with Crippen LogP contribution in [0.4, 0.5) is 4.39 Å². The molecule has 0 amide bonds. The quantitative estimate of drug-likeness (QED) is 0.114. The van der Waals surface area contributed by atoms with Crippen molar-refractivity contribution in [2.24, 2.45) is 29.1 Å². The fraction of sp³-hybridized carbons (Fsp3) is 0.481. The largest absolute Gasteiger partial charge is 0.481 e. The second-order valence-corrected chi connectivity index (χ2v) is 21.7. The Morgan fingerprint density at radius 1 is 1.06 bits per heavy atom. The van der Waals surface area contributed by atoms with Crippen molar-refractivity contribution in [1.29, 1.82) is 0 Å². The minimum atomic E-state index is -3.70. The average Bonchev–Trinajstić information content (AvgIpc) is 3.81. The number of allylic oxidation sites excluding steroid dienone is 3. The summed E-state index contributed by atoms with van der Waals surface area (Å²) in [5.74, 6) is -1.95. The minimum absolute atomic E-state index is 0.0549. The molecule has 16 heteroatoms. The number of fused-ring (bicyclic) bond motifs is 4. The molecule has 2 aromatic carbocycles. The summed E-state index contributed by atoms with van der Waals surface area (Å²) < 4.78 is 52.7. The molecule has 3 heterocycles. The molecule has 1 saturated heterocycles. The SMILES string of the molecule is CCC(C)(C)C(=O)O[C@H]1C[C@@H](C)C=C2C=C[C@H](C)[C@H](CC[C@@H]3C[C@@H](O)CC(=O)O3)[C@H]21.CS(=O)(=O)c1cc(F)cc2c3c(n(Cc4ccc(Cl)cc4)c12)[C@@H](CC(=O)O)CC3.O=C(O)c1cccnc1. The first-order chi connectivity index (χ1) is 32.1. The lowest BCUT2D eigenvalue weighted by molar-refractivity contribution is -0.166. The van der Waals surface area contributed by atoms with Gasteiger partial charge in [-0.1, -0.05) is 62.7 Å². The van der Waals surface area contributed by atoms with E-state index in [1.165, 1.54) is 30.1 Å². The Morgan fingerprint density at radius 3 is 2.38 bits per heavy atom. The van der Waals surface area contributed by atoms with E-state index in [1.54, 1.807) is 18.2 Å². The molecule has 4 aliphatic rings. The van der Waals surface area contributed by atoms with Gasteiger partial charge in [0.25, 0.3) is 0 Å². The van der Waals surface area contributed by atoms with Gasteiger partial charge < -0.3 is 29.4 Å². The van der Waals surface area contributed by atoms with E-state index >= 15 is 0 Å². The molecular formula is C52H62ClFN2O11S. The second kappa shape index (κ2) is 21.9. The van der Waals surface area contributed by atoms with E-state index in [9.17, 15) is 42.2 Å². The maximum absolute atomic E-state index is 14.3. The summed E-state index contributed by atoms with van der Waals surface area (Å²) in [6, 6.07) is 12.6. The van der Waals surface area contributed by atoms with Crippen molar-refractivity contribution in [1.82, 2.24) is 9.55 Å². The first-order valence-corrected chi connectivity index (χ1v) is 25.5. The molecule has 0 bridgehead atoms. The topological polar surface area (TPSA) is 199 Å². The van der Waals surface area contributed by atoms with E-state index in [2.05, 4.69) is 37.1 Å². The number of halogens is 2. The number of benzene rings is 2. The third-order valence-corrected chi connectivity index (χ3v) is 15.1. The molecular weight excluding hydrogens is 915 g/mol. The third kappa shape index (κ3) is 12.6. The molecule has 8 rings (SSSR count). The van der Waals surface area contributed by atoms with Crippen molar-refractivity contribution in [3.8, 4) is 0 Å². The van der Waals surface area contributed by atoms with Crippen LogP contribution in [-0.2, 0) is 46.7 Å². The number of carbonyl (C=O) groups is 4. The van der Waals surface area contributed by atoms with Gasteiger partial charge >= 0.3 is 23.9 Å². The van der Waals surface area contributed by atoms with Crippen molar-refractivity contribution in [3.63, 3.8) is 0 Å². The van der Waals surface area contributed by atoms with E-state index < -0.39 is 39.1 Å². The lowest BCUT2D eigenvalue weighted by Gasteiger charge is -2.44. The van der Waals surface area contributed by atoms with E-state index in [-0.39, 0.29) is 59.3 Å². The number of nitrogens with zero attached hydrogens (tertiary/aromatic N) is 2. The molecule has 0 saturated carbocycles. The molecule has 1 fully saturated rings. The van der Waals surface area contributed by atoms with Crippen LogP contribution < -0.4 is 0 Å². The van der Waals surface area contributed by atoms with E-state index in [4.69, 9.17) is 26.2 Å². The number of aliphatic hydroxyl groups excluding tert-OH is 1. The number of hydrogen-bond donors (Lipinski definition) is 3. The smallest absolute Gasteiger partial charge is 0.337 e. The van der Waals surface area contributed by atoms with Crippen molar-refractivity contribution >= 4 is 56.2 Å². The second-order valence-electron chi connectivity index (χ2n) is 19.3. The fourth-order valence-corrected chi connectivity index (χ4v) is 10.9. The van der Waals surface area contributed by atoms with Crippen molar-refractivity contribution in [2.45, 2.75) is 128 Å². The van der Waals surface area contributed by atoms with Crippen LogP contribution in [0, 0.1) is 34.9 Å². The number of carbonyl (C=O) groups excluding carboxylic acids is 2. The Labute approximate surface area is 402 Å². The number of rotatable bonds is 12. The highest BCUT2D eigenvalue weighted by Crippen LogP contribution is 2.47. The van der Waals surface area contributed by atoms with Crippen LogP contribution in [0.1, 0.15) is 119 Å². The summed E-state index contributed by atoms with van der Waals surface area (Å²) in [6.07, 6.45) is 14.7. The number of hydrogen-bond acceptors (Lipinski definition) is 10. The number of ether oxygens (including phenoxy) is 2. The number of aromatic nitrogens is 2. The zero-order valence-corrected chi connectivity index (χ0v) is 40.9. The number of aliphatic carboxylic acids is 1. The molecule has 0 spiro atoms. The first kappa shape index (κ1) is 52.0. The minimum Gasteiger partial charge on any atom is -0.481 e. The molecule has 2 aromatic heterocycles. The van der Waals surface area contributed by atoms with Gasteiger partial charge in [-0.2, -0.15) is 0 Å². The standard InChI is InChI=1S/C25H38O5.C21H19ClFNO4S.C6H5NO2/c1-6-25(4,5)24(28)30-21-12-15(2)11-17-8-7-16(3)20(23(17)21)10-9-19-13-18(26)14-22(27)29-19;1-29(27,28)18-10-15(23)9-17-16-7-4-13(8-19(25)26)20(16)24(21(17)18)11-12-2-5-14(22)6-3-12;8-6(9)5-2-1-3-7-4-5/h7-8,11,15-16,18-21,23,26H,6,9-10,12-14H2,1-5H3;2-3,5-6,9-10,13H,4,7-8,11H2,1H3,(H,25,26);1-4H,(H,8,9)/t15-,16-,18+,19+,20-,21-,23-;13-;/m01./s1. The maximum Gasteiger partial charge on any atom is 0.337 e. The molecule has 4 aromatic rings. The molecule has 1 aliphatic heterocycles. The predicted molar refractivity (Wildman–Crippen MR) is 256 cm³/mol. The monoisotopic (exact) mass is 976 g/mol. The Morgan fingerprint density at radius 2 is 1.78 bits per heavy atom. The lowest BCUT2D eigenvalue weighted by atomic mass is 9.65. The van der Waals surface area contributed by atoms with Crippen LogP contribution >= 0.6 is 11.6 Å². The van der Waals surface area contributed by atoms with Gasteiger partial charge in [0, 0.05) is 59.6 Å². The number of esters is 2. The number of carboxylic acids is 2. The predicted octanol–water partition coefficient (Wildman–Crippen LogP) is 9.76. The summed E-state index contributed by atoms with van der Waals surface area (Å²) in [7, 11) is -3.70. The summed E-state index contributed by atoms with van der Waals surface area (Å²) in [5.41, 5.74) is 3.95. The van der Waals surface area contributed by atoms with Gasteiger partial charge in [-0.05, 0) is 123 Å². The number of aliphatic hydroxyl groups is 1. The molecule has 0 unspecified atom stereocenters. The highest BCUT2D eigenvalue weighted by Gasteiger charge is 2.43. The van der Waals surface area contributed by atoms with E-state index in [0.29, 0.717) is 59.5 Å². The summed E-state index contributed by atoms with van der Waals surface area (Å²) in [6.45, 7) is 10.6. The van der Waals surface area contributed by atoms with Crippen LogP contribution in [-0.4, -0.2) is 81.7 Å². The van der Waals surface area contributed by atoms with Gasteiger partial charge in [-0.15, -0.1) is 0 Å². The van der Waals surface area contributed by atoms with Crippen LogP contribution in [0.5, 0.6) is 0 Å². The van der Waals surface area contributed by atoms with Gasteiger partial charge in [0.1, 0.15) is 18.0 Å². The average molecular weight is 978 g/mol. The first-order valence-electron chi connectivity index (χ1n) is 23.2. The van der Waals surface area contributed by atoms with Gasteiger partial charge in [-0.3, -0.25) is 19.4 Å². The number of aromatic carboxylic acids is 1. The van der Waals surface area contributed by atoms with E-state index in [1.807, 2.05) is 37.5 Å². The number of sulfone groups is 1. The molecule has 3 aliphatic carbocycles. The molecule has 8 atom stereocenters. The van der Waals surface area contributed by atoms with Crippen LogP contribution in [0.3, 0.4) is 0 Å². The van der Waals surface area contributed by atoms with Crippen molar-refractivity contribution in [2.75, 3.05) is 6.26 Å². The molecule has 3 N–H and O–H groups in total. The maximum atomic E-state index is 14.3. The number of aryl methyl sites for hydroxylation is 1. The fourth-order valence-electron chi connectivity index (χ4n) is 9.89. The summed E-state index contributed by atoms with van der Waals surface area (Å²) >= 11 is 5.97. The van der Waals surface area contributed by atoms with Crippen LogP contribution in [0.25, 0.3) is 10.9 Å². The lowest BCUT2D eigenvalue weighted by Crippen LogP contribution is -2.43. The van der Waals surface area contributed by atoms with Gasteiger partial charge in [0.15, 0.2) is 9.84 Å². The third-order valence-electron chi connectivity index (χ3n) is 13.7. The highest BCUT2D eigenvalue weighted by molar-refractivity contribution is 7.91. The Kier molecular flexibility index (Phi) is 16.8. The van der Waals surface area contributed by atoms with Crippen LogP contribution in [0.2, 0.25) is 5.02 Å². The Hall–Kier alpha value is -5.38. The molecule has 68 heavy (non-hydrogen) atoms. The van der Waals surface area contributed by atoms with Crippen molar-refractivity contribution < 1.29 is 56.8 Å². The summed E-state index contributed by atoms with van der Waals surface area (Å²) in [4.78, 5) is 49.7. The van der Waals surface area contributed by atoms with Gasteiger partial charge in [0.2, 0.25) is 0 Å². The van der Waals surface area contributed by atoms with E-state index in [0.717, 1.165) is 54.8 Å². The Balaban J connectivity index is 0.000000189. The number of pyridine rings is 1. The highest BCUT2D eigenvalue weighted by atomic mass is 35.5. The van der Waals surface area contributed by atoms with Crippen molar-refractivity contribution in [3.05, 3.63) is 118 Å².